The summed E-state index contributed by atoms with van der Waals surface area (Å²) in [5.41, 5.74) is 7.55. The van der Waals surface area contributed by atoms with Crippen molar-refractivity contribution in [2.24, 2.45) is 5.73 Å². The highest BCUT2D eigenvalue weighted by Gasteiger charge is 2.24. The number of benzene rings is 3. The molecule has 0 unspecified atom stereocenters. The number of hydrogen-bond acceptors (Lipinski definition) is 5. The number of hydrogen-bond donors (Lipinski definition) is 2. The highest BCUT2D eigenvalue weighted by Crippen LogP contribution is 2.51. The second kappa shape index (κ2) is 11.2. The molecule has 1 atom stereocenters. The highest BCUT2D eigenvalue weighted by atomic mass is 31.2. The Morgan fingerprint density at radius 3 is 2.12 bits per heavy atom. The first-order chi connectivity index (χ1) is 15.8. The zero-order valence-corrected chi connectivity index (χ0v) is 19.7. The summed E-state index contributed by atoms with van der Waals surface area (Å²) in [7, 11) is -3.23. The van der Waals surface area contributed by atoms with Gasteiger partial charge in [-0.25, -0.2) is 0 Å². The van der Waals surface area contributed by atoms with Crippen LogP contribution in [0.2, 0.25) is 0 Å². The SMILES string of the molecule is CCOP(=O)(Cc1ccc(C(=O)N[C@@H](Cc2ccc3ccccc3c2)C(N)=O)cc1)OCC. The van der Waals surface area contributed by atoms with Gasteiger partial charge >= 0.3 is 7.60 Å². The number of nitrogens with one attached hydrogen (secondary N) is 1. The smallest absolute Gasteiger partial charge is 0.335 e. The maximum atomic E-state index is 12.7. The van der Waals surface area contributed by atoms with Crippen LogP contribution in [0.3, 0.4) is 0 Å². The summed E-state index contributed by atoms with van der Waals surface area (Å²) in [6.45, 7) is 4.07. The van der Waals surface area contributed by atoms with E-state index in [9.17, 15) is 14.2 Å². The molecule has 0 heterocycles. The first-order valence-corrected chi connectivity index (χ1v) is 12.6. The van der Waals surface area contributed by atoms with Crippen molar-refractivity contribution in [1.29, 1.82) is 0 Å². The van der Waals surface area contributed by atoms with Crippen LogP contribution in [0.4, 0.5) is 0 Å². The fourth-order valence-electron chi connectivity index (χ4n) is 3.57. The topological polar surface area (TPSA) is 108 Å². The fourth-order valence-corrected chi connectivity index (χ4v) is 5.27. The number of carbonyl (C=O) groups excluding carboxylic acids is 2. The van der Waals surface area contributed by atoms with Gasteiger partial charge in [-0.3, -0.25) is 14.2 Å². The van der Waals surface area contributed by atoms with Gasteiger partial charge in [0, 0.05) is 12.0 Å². The Morgan fingerprint density at radius 2 is 1.52 bits per heavy atom. The van der Waals surface area contributed by atoms with Gasteiger partial charge in [-0.2, -0.15) is 0 Å². The molecule has 0 spiro atoms. The zero-order valence-electron chi connectivity index (χ0n) is 18.8. The van der Waals surface area contributed by atoms with Gasteiger partial charge in [0.1, 0.15) is 6.04 Å². The molecule has 8 heteroatoms. The Morgan fingerprint density at radius 1 is 0.909 bits per heavy atom. The molecule has 3 rings (SSSR count). The van der Waals surface area contributed by atoms with Gasteiger partial charge in [0.2, 0.25) is 5.91 Å². The summed E-state index contributed by atoms with van der Waals surface area (Å²) in [5, 5.41) is 4.87. The summed E-state index contributed by atoms with van der Waals surface area (Å²) in [6, 6.07) is 19.6. The molecule has 0 aromatic heterocycles. The van der Waals surface area contributed by atoms with Crippen molar-refractivity contribution >= 4 is 30.2 Å². The molecule has 3 aromatic carbocycles. The first kappa shape index (κ1) is 24.6. The van der Waals surface area contributed by atoms with Crippen LogP contribution >= 0.6 is 7.60 Å². The van der Waals surface area contributed by atoms with Gasteiger partial charge in [-0.15, -0.1) is 0 Å². The van der Waals surface area contributed by atoms with E-state index >= 15 is 0 Å². The molecule has 3 N–H and O–H groups in total. The van der Waals surface area contributed by atoms with Crippen LogP contribution in [0.15, 0.2) is 66.7 Å². The molecule has 0 saturated carbocycles. The lowest BCUT2D eigenvalue weighted by molar-refractivity contribution is -0.119. The van der Waals surface area contributed by atoms with Crippen LogP contribution < -0.4 is 11.1 Å². The van der Waals surface area contributed by atoms with Gasteiger partial charge in [0.05, 0.1) is 19.4 Å². The number of nitrogens with two attached hydrogens (primary N) is 1. The number of primary amides is 1. The fraction of sp³-hybridized carbons (Fsp3) is 0.280. The van der Waals surface area contributed by atoms with Gasteiger partial charge in [-0.05, 0) is 47.9 Å². The highest BCUT2D eigenvalue weighted by molar-refractivity contribution is 7.53. The van der Waals surface area contributed by atoms with E-state index in [1.165, 1.54) is 0 Å². The van der Waals surface area contributed by atoms with Crippen LogP contribution in [0.25, 0.3) is 10.8 Å². The molecule has 2 amide bonds. The average Bonchev–Trinajstić information content (AvgIpc) is 2.79. The van der Waals surface area contributed by atoms with Crippen molar-refractivity contribution in [3.05, 3.63) is 83.4 Å². The molecule has 174 valence electrons. The van der Waals surface area contributed by atoms with Crippen molar-refractivity contribution in [1.82, 2.24) is 5.32 Å². The Bertz CT molecular complexity index is 1150. The minimum atomic E-state index is -3.23. The molecule has 0 aliphatic heterocycles. The molecule has 0 radical (unpaired) electrons. The molecular weight excluding hydrogens is 439 g/mol. The molecule has 0 bridgehead atoms. The summed E-state index contributed by atoms with van der Waals surface area (Å²) < 4.78 is 23.3. The van der Waals surface area contributed by atoms with E-state index in [0.29, 0.717) is 5.56 Å². The van der Waals surface area contributed by atoms with E-state index in [1.807, 2.05) is 42.5 Å². The van der Waals surface area contributed by atoms with E-state index < -0.39 is 25.5 Å². The predicted octanol–water partition coefficient (Wildman–Crippen LogP) is 4.43. The monoisotopic (exact) mass is 468 g/mol. The van der Waals surface area contributed by atoms with Crippen LogP contribution in [0.1, 0.15) is 35.3 Å². The minimum absolute atomic E-state index is 0.114. The third-order valence-corrected chi connectivity index (χ3v) is 7.20. The summed E-state index contributed by atoms with van der Waals surface area (Å²) in [4.78, 5) is 24.8. The normalized spacial score (nSPS) is 12.4. The predicted molar refractivity (Wildman–Crippen MR) is 129 cm³/mol. The van der Waals surface area contributed by atoms with E-state index in [0.717, 1.165) is 21.9 Å². The van der Waals surface area contributed by atoms with Crippen LogP contribution in [0, 0.1) is 0 Å². The molecule has 33 heavy (non-hydrogen) atoms. The quantitative estimate of drug-likeness (QED) is 0.405. The van der Waals surface area contributed by atoms with E-state index in [2.05, 4.69) is 5.32 Å². The lowest BCUT2D eigenvalue weighted by atomic mass is 10.0. The lowest BCUT2D eigenvalue weighted by Gasteiger charge is -2.18. The van der Waals surface area contributed by atoms with Crippen molar-refractivity contribution < 1.29 is 23.2 Å². The van der Waals surface area contributed by atoms with Gasteiger partial charge in [-0.1, -0.05) is 54.6 Å². The Labute approximate surface area is 193 Å². The molecule has 0 fully saturated rings. The third kappa shape index (κ3) is 6.75. The van der Waals surface area contributed by atoms with Crippen molar-refractivity contribution in [3.8, 4) is 0 Å². The van der Waals surface area contributed by atoms with Crippen LogP contribution in [-0.4, -0.2) is 31.1 Å². The Kier molecular flexibility index (Phi) is 8.39. The molecule has 0 aliphatic rings. The van der Waals surface area contributed by atoms with E-state index in [4.69, 9.17) is 14.8 Å². The van der Waals surface area contributed by atoms with Gasteiger partial charge in [0.25, 0.3) is 5.91 Å². The van der Waals surface area contributed by atoms with E-state index in [-0.39, 0.29) is 25.8 Å². The minimum Gasteiger partial charge on any atom is -0.368 e. The largest absolute Gasteiger partial charge is 0.368 e. The summed E-state index contributed by atoms with van der Waals surface area (Å²) in [6.07, 6.45) is 0.401. The standard InChI is InChI=1S/C25H29N2O5P/c1-3-31-33(30,32-4-2)17-18-9-13-21(14-10-18)25(29)27-23(24(26)28)16-19-11-12-20-7-5-6-8-22(20)15-19/h5-15,23H,3-4,16-17H2,1-2H3,(H2,26,28)(H,27,29)/t23-/m0/s1. The Hall–Kier alpha value is -2.99. The summed E-state index contributed by atoms with van der Waals surface area (Å²) in [5.74, 6) is -1.02. The van der Waals surface area contributed by atoms with Crippen molar-refractivity contribution in [3.63, 3.8) is 0 Å². The van der Waals surface area contributed by atoms with Gasteiger partial charge in [0.15, 0.2) is 0 Å². The lowest BCUT2D eigenvalue weighted by Crippen LogP contribution is -2.45. The number of rotatable bonds is 11. The maximum Gasteiger partial charge on any atom is 0.335 e. The zero-order chi connectivity index (χ0) is 23.8. The number of carbonyl (C=O) groups is 2. The molecular formula is C25H29N2O5P. The molecule has 0 aliphatic carbocycles. The first-order valence-electron chi connectivity index (χ1n) is 10.9. The maximum absolute atomic E-state index is 12.7. The molecule has 3 aromatic rings. The number of amides is 2. The number of fused-ring (bicyclic) bond motifs is 1. The van der Waals surface area contributed by atoms with Crippen LogP contribution in [-0.2, 0) is 31.0 Å². The second-order valence-electron chi connectivity index (χ2n) is 7.62. The molecule has 7 nitrogen and oxygen atoms in total. The second-order valence-corrected chi connectivity index (χ2v) is 9.67. The van der Waals surface area contributed by atoms with Crippen molar-refractivity contribution in [2.45, 2.75) is 32.5 Å². The molecule has 0 saturated heterocycles. The summed E-state index contributed by atoms with van der Waals surface area (Å²) >= 11 is 0. The third-order valence-electron chi connectivity index (χ3n) is 5.15. The van der Waals surface area contributed by atoms with Crippen LogP contribution in [0.5, 0.6) is 0 Å². The van der Waals surface area contributed by atoms with E-state index in [1.54, 1.807) is 38.1 Å². The average molecular weight is 468 g/mol. The Balaban J connectivity index is 1.68. The van der Waals surface area contributed by atoms with Gasteiger partial charge < -0.3 is 20.1 Å². The van der Waals surface area contributed by atoms with Crippen molar-refractivity contribution in [2.75, 3.05) is 13.2 Å².